The molecule has 2 heterocycles. The summed E-state index contributed by atoms with van der Waals surface area (Å²) in [5.41, 5.74) is 9.07. The van der Waals surface area contributed by atoms with E-state index in [2.05, 4.69) is 6.07 Å². The number of nitrogen functional groups attached to an aromatic ring is 1. The van der Waals surface area contributed by atoms with E-state index in [-0.39, 0.29) is 12.0 Å². The maximum atomic E-state index is 12.4. The second-order valence-electron chi connectivity index (χ2n) is 5.39. The lowest BCUT2D eigenvalue weighted by Crippen LogP contribution is -2.44. The number of anilines is 1. The molecule has 4 heteroatoms. The molecule has 0 spiro atoms. The molecule has 19 heavy (non-hydrogen) atoms. The Bertz CT molecular complexity index is 481. The maximum Gasteiger partial charge on any atom is 0.252 e. The Balaban J connectivity index is 1.72. The van der Waals surface area contributed by atoms with Gasteiger partial charge in [-0.15, -0.1) is 0 Å². The smallest absolute Gasteiger partial charge is 0.252 e. The quantitative estimate of drug-likeness (QED) is 0.782. The van der Waals surface area contributed by atoms with Crippen LogP contribution in [0.4, 0.5) is 5.69 Å². The molecule has 1 atom stereocenters. The molecule has 1 amide bonds. The van der Waals surface area contributed by atoms with Crippen molar-refractivity contribution in [1.29, 1.82) is 0 Å². The number of nitrogens with zero attached hydrogens (tertiary/aromatic N) is 1. The average Bonchev–Trinajstić information content (AvgIpc) is 2.46. The van der Waals surface area contributed by atoms with Crippen LogP contribution in [-0.4, -0.2) is 30.1 Å². The second-order valence-corrected chi connectivity index (χ2v) is 5.39. The fraction of sp³-hybridized carbons (Fsp3) is 0.533. The zero-order chi connectivity index (χ0) is 13.2. The number of benzene rings is 1. The molecule has 0 aromatic heterocycles. The van der Waals surface area contributed by atoms with Crippen LogP contribution in [0.15, 0.2) is 18.2 Å². The third-order valence-corrected chi connectivity index (χ3v) is 4.01. The summed E-state index contributed by atoms with van der Waals surface area (Å²) in [4.78, 5) is 14.3. The van der Waals surface area contributed by atoms with Crippen LogP contribution in [0.25, 0.3) is 0 Å². The molecule has 1 aromatic carbocycles. The molecule has 2 N–H and O–H groups in total. The maximum absolute atomic E-state index is 12.4. The lowest BCUT2D eigenvalue weighted by molar-refractivity contribution is -0.147. The van der Waals surface area contributed by atoms with Crippen LogP contribution < -0.4 is 5.73 Å². The Kier molecular flexibility index (Phi) is 3.42. The highest BCUT2D eigenvalue weighted by molar-refractivity contribution is 5.81. The van der Waals surface area contributed by atoms with Crippen LogP contribution in [0.2, 0.25) is 0 Å². The number of nitrogens with two attached hydrogens (primary N) is 1. The van der Waals surface area contributed by atoms with Crippen LogP contribution in [0.5, 0.6) is 0 Å². The molecule has 0 radical (unpaired) electrons. The fourth-order valence-electron chi connectivity index (χ4n) is 2.90. The predicted octanol–water partition coefficient (Wildman–Crippen LogP) is 1.72. The summed E-state index contributed by atoms with van der Waals surface area (Å²) < 4.78 is 5.59. The highest BCUT2D eigenvalue weighted by atomic mass is 16.5. The van der Waals surface area contributed by atoms with Crippen molar-refractivity contribution in [3.63, 3.8) is 0 Å². The molecule has 1 fully saturated rings. The summed E-state index contributed by atoms with van der Waals surface area (Å²) in [7, 11) is 0. The number of hydrogen-bond donors (Lipinski definition) is 1. The molecule has 3 rings (SSSR count). The van der Waals surface area contributed by atoms with Crippen LogP contribution in [-0.2, 0) is 22.5 Å². The van der Waals surface area contributed by atoms with Crippen molar-refractivity contribution < 1.29 is 9.53 Å². The third kappa shape index (κ3) is 2.59. The summed E-state index contributed by atoms with van der Waals surface area (Å²) >= 11 is 0. The fourth-order valence-corrected chi connectivity index (χ4v) is 2.90. The second kappa shape index (κ2) is 5.21. The van der Waals surface area contributed by atoms with Gasteiger partial charge in [-0.1, -0.05) is 6.07 Å². The number of rotatable bonds is 1. The minimum atomic E-state index is -0.226. The first-order chi connectivity index (χ1) is 9.24. The van der Waals surface area contributed by atoms with Gasteiger partial charge in [-0.05, 0) is 48.9 Å². The van der Waals surface area contributed by atoms with E-state index in [0.717, 1.165) is 37.9 Å². The van der Waals surface area contributed by atoms with Gasteiger partial charge in [-0.2, -0.15) is 0 Å². The van der Waals surface area contributed by atoms with E-state index in [4.69, 9.17) is 10.5 Å². The average molecular weight is 260 g/mol. The minimum Gasteiger partial charge on any atom is -0.399 e. The van der Waals surface area contributed by atoms with Crippen molar-refractivity contribution in [3.8, 4) is 0 Å². The first-order valence-electron chi connectivity index (χ1n) is 7.02. The highest BCUT2D eigenvalue weighted by Gasteiger charge is 2.29. The number of ether oxygens (including phenoxy) is 1. The molecule has 1 unspecified atom stereocenters. The molecule has 0 bridgehead atoms. The molecule has 1 aromatic rings. The van der Waals surface area contributed by atoms with Gasteiger partial charge in [0.25, 0.3) is 5.91 Å². The van der Waals surface area contributed by atoms with E-state index in [0.29, 0.717) is 13.2 Å². The van der Waals surface area contributed by atoms with Crippen molar-refractivity contribution in [3.05, 3.63) is 29.3 Å². The zero-order valence-corrected chi connectivity index (χ0v) is 11.1. The Labute approximate surface area is 113 Å². The van der Waals surface area contributed by atoms with Gasteiger partial charge in [0, 0.05) is 25.4 Å². The largest absolute Gasteiger partial charge is 0.399 e. The number of fused-ring (bicyclic) bond motifs is 1. The van der Waals surface area contributed by atoms with E-state index < -0.39 is 0 Å². The standard InChI is InChI=1S/C15H20N2O2/c16-13-5-4-11-6-7-17(10-12(11)9-13)15(18)14-3-1-2-8-19-14/h4-5,9,14H,1-3,6-8,10,16H2. The van der Waals surface area contributed by atoms with Gasteiger partial charge in [0.15, 0.2) is 0 Å². The first-order valence-corrected chi connectivity index (χ1v) is 7.02. The summed E-state index contributed by atoms with van der Waals surface area (Å²) in [5.74, 6) is 0.146. The lowest BCUT2D eigenvalue weighted by atomic mass is 9.98. The molecule has 2 aliphatic heterocycles. The summed E-state index contributed by atoms with van der Waals surface area (Å²) in [5, 5.41) is 0. The van der Waals surface area contributed by atoms with Crippen LogP contribution in [0.3, 0.4) is 0 Å². The van der Waals surface area contributed by atoms with Crippen molar-refractivity contribution >= 4 is 11.6 Å². The first kappa shape index (κ1) is 12.5. The van der Waals surface area contributed by atoms with Gasteiger partial charge in [-0.3, -0.25) is 4.79 Å². The Morgan fingerprint density at radius 1 is 1.32 bits per heavy atom. The molecular weight excluding hydrogens is 240 g/mol. The van der Waals surface area contributed by atoms with E-state index in [1.54, 1.807) is 0 Å². The van der Waals surface area contributed by atoms with E-state index >= 15 is 0 Å². The van der Waals surface area contributed by atoms with Crippen LogP contribution in [0, 0.1) is 0 Å². The van der Waals surface area contributed by atoms with Gasteiger partial charge < -0.3 is 15.4 Å². The van der Waals surface area contributed by atoms with Gasteiger partial charge in [0.05, 0.1) is 0 Å². The molecule has 2 aliphatic rings. The number of amides is 1. The van der Waals surface area contributed by atoms with Gasteiger partial charge in [0.2, 0.25) is 0 Å². The van der Waals surface area contributed by atoms with Crippen molar-refractivity contribution in [1.82, 2.24) is 4.90 Å². The minimum absolute atomic E-state index is 0.146. The summed E-state index contributed by atoms with van der Waals surface area (Å²) in [6, 6.07) is 5.99. The van der Waals surface area contributed by atoms with Gasteiger partial charge in [0.1, 0.15) is 6.10 Å². The van der Waals surface area contributed by atoms with E-state index in [1.807, 2.05) is 17.0 Å². The highest BCUT2D eigenvalue weighted by Crippen LogP contribution is 2.23. The molecule has 102 valence electrons. The Morgan fingerprint density at radius 2 is 2.21 bits per heavy atom. The third-order valence-electron chi connectivity index (χ3n) is 4.01. The number of hydrogen-bond acceptors (Lipinski definition) is 3. The molecule has 0 aliphatic carbocycles. The van der Waals surface area contributed by atoms with Crippen LogP contribution >= 0.6 is 0 Å². The van der Waals surface area contributed by atoms with Crippen molar-refractivity contribution in [2.45, 2.75) is 38.3 Å². The topological polar surface area (TPSA) is 55.6 Å². The molecule has 1 saturated heterocycles. The normalized spacial score (nSPS) is 22.9. The lowest BCUT2D eigenvalue weighted by Gasteiger charge is -2.33. The Morgan fingerprint density at radius 3 is 3.00 bits per heavy atom. The summed E-state index contributed by atoms with van der Waals surface area (Å²) in [6.07, 6.45) is 3.71. The molecule has 0 saturated carbocycles. The molecule has 4 nitrogen and oxygen atoms in total. The summed E-state index contributed by atoms with van der Waals surface area (Å²) in [6.45, 7) is 2.17. The Hall–Kier alpha value is -1.55. The SMILES string of the molecule is Nc1ccc2c(c1)CN(C(=O)C1CCCCO1)CC2. The number of carbonyl (C=O) groups excluding carboxylic acids is 1. The predicted molar refractivity (Wildman–Crippen MR) is 73.6 cm³/mol. The van der Waals surface area contributed by atoms with Crippen molar-refractivity contribution in [2.75, 3.05) is 18.9 Å². The zero-order valence-electron chi connectivity index (χ0n) is 11.1. The monoisotopic (exact) mass is 260 g/mol. The van der Waals surface area contributed by atoms with Gasteiger partial charge in [-0.25, -0.2) is 0 Å². The van der Waals surface area contributed by atoms with E-state index in [9.17, 15) is 4.79 Å². The number of carbonyl (C=O) groups is 1. The van der Waals surface area contributed by atoms with E-state index in [1.165, 1.54) is 11.1 Å². The van der Waals surface area contributed by atoms with Crippen LogP contribution in [0.1, 0.15) is 30.4 Å². The van der Waals surface area contributed by atoms with Crippen molar-refractivity contribution in [2.24, 2.45) is 0 Å². The van der Waals surface area contributed by atoms with Gasteiger partial charge >= 0.3 is 0 Å². The molecular formula is C15H20N2O2.